The molecule has 1 unspecified atom stereocenters. The van der Waals surface area contributed by atoms with Gasteiger partial charge in [0.2, 0.25) is 0 Å². The van der Waals surface area contributed by atoms with Crippen LogP contribution in [0.3, 0.4) is 0 Å². The first kappa shape index (κ1) is 16.1. The van der Waals surface area contributed by atoms with E-state index in [1.54, 1.807) is 6.08 Å². The van der Waals surface area contributed by atoms with Crippen LogP contribution in [0, 0.1) is 6.92 Å². The quantitative estimate of drug-likeness (QED) is 0.852. The van der Waals surface area contributed by atoms with Gasteiger partial charge in [0.1, 0.15) is 0 Å². The number of allylic oxidation sites excluding steroid dienone is 1. The Labute approximate surface area is 150 Å². The molecule has 0 aromatic heterocycles. The molecule has 1 aromatic rings. The third kappa shape index (κ3) is 3.66. The SMILES string of the molecule is Cc1ccc(/C=C2/SC3C=CC(C(=O)NC4CC4)=CC3=NC2=O)cc1. The number of hydrogen-bond acceptors (Lipinski definition) is 3. The van der Waals surface area contributed by atoms with E-state index in [1.165, 1.54) is 17.3 Å². The zero-order valence-electron chi connectivity index (χ0n) is 13.9. The standard InChI is InChI=1S/C20H18N2O2S/c1-12-2-4-13(5-3-12)10-18-20(24)22-16-11-14(6-9-17(16)25-18)19(23)21-15-7-8-15/h2-6,9-11,15,17H,7-8H2,1H3,(H,21,23)/b18-10+. The first-order valence-corrected chi connectivity index (χ1v) is 9.25. The van der Waals surface area contributed by atoms with Crippen LogP contribution in [0.5, 0.6) is 0 Å². The molecule has 0 bridgehead atoms. The number of carbonyl (C=O) groups excluding carboxylic acids is 2. The molecule has 1 atom stereocenters. The van der Waals surface area contributed by atoms with Gasteiger partial charge in [-0.05, 0) is 37.5 Å². The zero-order chi connectivity index (χ0) is 17.4. The summed E-state index contributed by atoms with van der Waals surface area (Å²) in [6.45, 7) is 2.03. The number of fused-ring (bicyclic) bond motifs is 1. The topological polar surface area (TPSA) is 58.5 Å². The van der Waals surface area contributed by atoms with E-state index in [0.29, 0.717) is 22.2 Å². The van der Waals surface area contributed by atoms with Crippen molar-refractivity contribution in [2.24, 2.45) is 4.99 Å². The largest absolute Gasteiger partial charge is 0.349 e. The van der Waals surface area contributed by atoms with Crippen LogP contribution < -0.4 is 5.32 Å². The van der Waals surface area contributed by atoms with E-state index in [9.17, 15) is 9.59 Å². The summed E-state index contributed by atoms with van der Waals surface area (Å²) < 4.78 is 0. The van der Waals surface area contributed by atoms with E-state index in [-0.39, 0.29) is 17.1 Å². The van der Waals surface area contributed by atoms with Gasteiger partial charge in [0.15, 0.2) is 0 Å². The molecule has 1 N–H and O–H groups in total. The Morgan fingerprint density at radius 3 is 2.76 bits per heavy atom. The van der Waals surface area contributed by atoms with Gasteiger partial charge in [-0.2, -0.15) is 0 Å². The average molecular weight is 350 g/mol. The van der Waals surface area contributed by atoms with Crippen molar-refractivity contribution >= 4 is 35.4 Å². The summed E-state index contributed by atoms with van der Waals surface area (Å²) in [4.78, 5) is 29.3. The van der Waals surface area contributed by atoms with E-state index in [0.717, 1.165) is 18.4 Å². The number of benzene rings is 1. The fraction of sp³-hybridized carbons (Fsp3) is 0.250. The van der Waals surface area contributed by atoms with Crippen LogP contribution in [-0.4, -0.2) is 28.8 Å². The molecule has 5 heteroatoms. The molecule has 1 heterocycles. The van der Waals surface area contributed by atoms with Crippen molar-refractivity contribution in [2.75, 3.05) is 0 Å². The van der Waals surface area contributed by atoms with E-state index < -0.39 is 0 Å². The molecule has 1 fully saturated rings. The second-order valence-electron chi connectivity index (χ2n) is 6.51. The molecule has 3 aliphatic rings. The minimum atomic E-state index is -0.245. The highest BCUT2D eigenvalue weighted by atomic mass is 32.2. The molecule has 1 aromatic carbocycles. The van der Waals surface area contributed by atoms with Gasteiger partial charge in [0.25, 0.3) is 11.8 Å². The van der Waals surface area contributed by atoms with Crippen LogP contribution in [0.15, 0.2) is 58.0 Å². The van der Waals surface area contributed by atoms with Crippen molar-refractivity contribution in [3.8, 4) is 0 Å². The molecule has 25 heavy (non-hydrogen) atoms. The highest BCUT2D eigenvalue weighted by molar-refractivity contribution is 8.05. The highest BCUT2D eigenvalue weighted by Gasteiger charge is 2.30. The van der Waals surface area contributed by atoms with Crippen LogP contribution in [0.4, 0.5) is 0 Å². The van der Waals surface area contributed by atoms with Gasteiger partial charge in [0.05, 0.1) is 15.9 Å². The van der Waals surface area contributed by atoms with E-state index in [4.69, 9.17) is 0 Å². The second-order valence-corrected chi connectivity index (χ2v) is 7.69. The number of thioether (sulfide) groups is 1. The molecule has 4 nitrogen and oxygen atoms in total. The molecule has 1 saturated carbocycles. The van der Waals surface area contributed by atoms with Gasteiger partial charge in [-0.3, -0.25) is 9.59 Å². The van der Waals surface area contributed by atoms with Gasteiger partial charge >= 0.3 is 0 Å². The Morgan fingerprint density at radius 2 is 2.04 bits per heavy atom. The Morgan fingerprint density at radius 1 is 1.28 bits per heavy atom. The van der Waals surface area contributed by atoms with Crippen molar-refractivity contribution in [1.82, 2.24) is 5.32 Å². The monoisotopic (exact) mass is 350 g/mol. The number of aryl methyl sites for hydroxylation is 1. The lowest BCUT2D eigenvalue weighted by Gasteiger charge is -2.22. The van der Waals surface area contributed by atoms with Gasteiger partial charge < -0.3 is 5.32 Å². The Hall–Kier alpha value is -2.40. The number of amides is 2. The predicted octanol–water partition coefficient (Wildman–Crippen LogP) is 3.19. The lowest BCUT2D eigenvalue weighted by atomic mass is 10.0. The fourth-order valence-corrected chi connectivity index (χ4v) is 3.70. The number of nitrogens with zero attached hydrogens (tertiary/aromatic N) is 1. The second kappa shape index (κ2) is 6.48. The van der Waals surface area contributed by atoms with Crippen molar-refractivity contribution in [1.29, 1.82) is 0 Å². The van der Waals surface area contributed by atoms with Crippen LogP contribution in [0.25, 0.3) is 6.08 Å². The Bertz CT molecular complexity index is 858. The third-order valence-electron chi connectivity index (χ3n) is 4.29. The molecular weight excluding hydrogens is 332 g/mol. The van der Waals surface area contributed by atoms with E-state index in [1.807, 2.05) is 49.4 Å². The van der Waals surface area contributed by atoms with Crippen molar-refractivity contribution < 1.29 is 9.59 Å². The summed E-state index contributed by atoms with van der Waals surface area (Å²) in [5.74, 6) is -0.330. The fourth-order valence-electron chi connectivity index (χ4n) is 2.68. The Kier molecular flexibility index (Phi) is 4.17. The minimum Gasteiger partial charge on any atom is -0.349 e. The summed E-state index contributed by atoms with van der Waals surface area (Å²) >= 11 is 1.48. The number of carbonyl (C=O) groups is 2. The van der Waals surface area contributed by atoms with Crippen LogP contribution in [0.1, 0.15) is 24.0 Å². The highest BCUT2D eigenvalue weighted by Crippen LogP contribution is 2.34. The molecule has 0 radical (unpaired) electrons. The molecule has 0 spiro atoms. The normalized spacial score (nSPS) is 23.8. The van der Waals surface area contributed by atoms with Crippen molar-refractivity contribution in [2.45, 2.75) is 31.1 Å². The number of nitrogens with one attached hydrogen (secondary N) is 1. The molecule has 2 amide bonds. The lowest BCUT2D eigenvalue weighted by molar-refractivity contribution is -0.117. The van der Waals surface area contributed by atoms with Crippen molar-refractivity contribution in [3.63, 3.8) is 0 Å². The Balaban J connectivity index is 1.55. The third-order valence-corrected chi connectivity index (χ3v) is 5.49. The van der Waals surface area contributed by atoms with E-state index in [2.05, 4.69) is 10.3 Å². The van der Waals surface area contributed by atoms with Crippen LogP contribution in [-0.2, 0) is 9.59 Å². The molecule has 4 rings (SSSR count). The predicted molar refractivity (Wildman–Crippen MR) is 101 cm³/mol. The first-order chi connectivity index (χ1) is 12.1. The molecular formula is C20H18N2O2S. The van der Waals surface area contributed by atoms with E-state index >= 15 is 0 Å². The number of hydrogen-bond donors (Lipinski definition) is 1. The smallest absolute Gasteiger partial charge is 0.283 e. The molecule has 126 valence electrons. The average Bonchev–Trinajstić information content (AvgIpc) is 3.41. The maximum atomic E-state index is 12.4. The van der Waals surface area contributed by atoms with Gasteiger partial charge in [0, 0.05) is 11.6 Å². The summed E-state index contributed by atoms with van der Waals surface area (Å²) in [5.41, 5.74) is 3.39. The summed E-state index contributed by atoms with van der Waals surface area (Å²) in [7, 11) is 0. The first-order valence-electron chi connectivity index (χ1n) is 8.37. The summed E-state index contributed by atoms with van der Waals surface area (Å²) in [5, 5.41) is 2.94. The molecule has 2 aliphatic carbocycles. The van der Waals surface area contributed by atoms with Crippen molar-refractivity contribution in [3.05, 3.63) is 64.1 Å². The molecule has 1 aliphatic heterocycles. The lowest BCUT2D eigenvalue weighted by Crippen LogP contribution is -2.30. The van der Waals surface area contributed by atoms with Gasteiger partial charge in [-0.15, -0.1) is 11.8 Å². The maximum absolute atomic E-state index is 12.4. The minimum absolute atomic E-state index is 0.0214. The van der Waals surface area contributed by atoms with Crippen LogP contribution in [0.2, 0.25) is 0 Å². The summed E-state index contributed by atoms with van der Waals surface area (Å²) in [6, 6.07) is 8.34. The van der Waals surface area contributed by atoms with Crippen LogP contribution >= 0.6 is 11.8 Å². The maximum Gasteiger partial charge on any atom is 0.283 e. The summed E-state index contributed by atoms with van der Waals surface area (Å²) in [6.07, 6.45) is 9.48. The molecule has 0 saturated heterocycles. The zero-order valence-corrected chi connectivity index (χ0v) is 14.7. The van der Waals surface area contributed by atoms with Gasteiger partial charge in [-0.1, -0.05) is 42.0 Å². The number of rotatable bonds is 3. The number of aliphatic imine (C=N–C) groups is 1. The van der Waals surface area contributed by atoms with Gasteiger partial charge in [-0.25, -0.2) is 4.99 Å².